The zero-order valence-electron chi connectivity index (χ0n) is 14.8. The van der Waals surface area contributed by atoms with Crippen molar-refractivity contribution in [3.05, 3.63) is 42.2 Å². The molecule has 1 aromatic heterocycles. The molecule has 0 unspecified atom stereocenters. The van der Waals surface area contributed by atoms with Crippen molar-refractivity contribution in [3.8, 4) is 0 Å². The number of carboxylic acid groups (broad SMARTS) is 1. The van der Waals surface area contributed by atoms with Gasteiger partial charge in [0.25, 0.3) is 0 Å². The number of hydrogen-bond acceptors (Lipinski definition) is 7. The number of benzene rings is 1. The second kappa shape index (κ2) is 9.85. The van der Waals surface area contributed by atoms with Gasteiger partial charge >= 0.3 is 11.9 Å². The molecule has 9 heteroatoms. The minimum atomic E-state index is -0.940. The average molecular weight is 372 g/mol. The van der Waals surface area contributed by atoms with Crippen LogP contribution in [0.15, 0.2) is 36.7 Å². The number of amides is 1. The number of nitrogens with zero attached hydrogens (tertiary/aromatic N) is 2. The van der Waals surface area contributed by atoms with Gasteiger partial charge in [-0.15, -0.1) is 0 Å². The molecule has 1 amide bonds. The van der Waals surface area contributed by atoms with Gasteiger partial charge in [0, 0.05) is 24.6 Å². The molecule has 3 N–H and O–H groups in total. The molecular formula is C18H20N4O5. The molecule has 0 saturated heterocycles. The van der Waals surface area contributed by atoms with E-state index in [1.807, 2.05) is 0 Å². The summed E-state index contributed by atoms with van der Waals surface area (Å²) in [6.45, 7) is 2.05. The number of aliphatic carboxylic acids is 1. The Labute approximate surface area is 155 Å². The molecular weight excluding hydrogens is 352 g/mol. The lowest BCUT2D eigenvalue weighted by Gasteiger charge is -2.08. The highest BCUT2D eigenvalue weighted by molar-refractivity contribution is 5.91. The number of ether oxygens (including phenoxy) is 1. The third-order valence-corrected chi connectivity index (χ3v) is 3.40. The molecule has 0 saturated carbocycles. The first kappa shape index (κ1) is 19.8. The first-order chi connectivity index (χ1) is 13.0. The monoisotopic (exact) mass is 372 g/mol. The molecule has 27 heavy (non-hydrogen) atoms. The van der Waals surface area contributed by atoms with E-state index in [-0.39, 0.29) is 31.1 Å². The third-order valence-electron chi connectivity index (χ3n) is 3.40. The van der Waals surface area contributed by atoms with Gasteiger partial charge < -0.3 is 20.5 Å². The summed E-state index contributed by atoms with van der Waals surface area (Å²) in [6, 6.07) is 8.23. The summed E-state index contributed by atoms with van der Waals surface area (Å²) in [6.07, 6.45) is 1.58. The molecule has 2 aromatic rings. The van der Waals surface area contributed by atoms with Gasteiger partial charge in [0.2, 0.25) is 5.91 Å². The summed E-state index contributed by atoms with van der Waals surface area (Å²) in [7, 11) is 0. The molecule has 0 atom stereocenters. The molecule has 1 heterocycles. The Hall–Kier alpha value is -3.49. The van der Waals surface area contributed by atoms with Gasteiger partial charge in [0.15, 0.2) is 0 Å². The normalized spacial score (nSPS) is 10.1. The molecule has 0 fully saturated rings. The largest absolute Gasteiger partial charge is 0.481 e. The van der Waals surface area contributed by atoms with Crippen LogP contribution in [0.3, 0.4) is 0 Å². The molecule has 0 radical (unpaired) electrons. The number of hydrogen-bond donors (Lipinski definition) is 3. The Kier molecular flexibility index (Phi) is 7.24. The summed E-state index contributed by atoms with van der Waals surface area (Å²) >= 11 is 0. The van der Waals surface area contributed by atoms with Crippen LogP contribution in [-0.4, -0.2) is 39.5 Å². The van der Waals surface area contributed by atoms with E-state index in [9.17, 15) is 14.4 Å². The van der Waals surface area contributed by atoms with Crippen LogP contribution >= 0.6 is 0 Å². The minimum Gasteiger partial charge on any atom is -0.481 e. The van der Waals surface area contributed by atoms with Gasteiger partial charge in [-0.3, -0.25) is 9.59 Å². The van der Waals surface area contributed by atoms with Gasteiger partial charge in [0.1, 0.15) is 18.0 Å². The lowest BCUT2D eigenvalue weighted by molar-refractivity contribution is -0.137. The maximum Gasteiger partial charge on any atom is 0.338 e. The van der Waals surface area contributed by atoms with Crippen LogP contribution in [0, 0.1) is 0 Å². The molecule has 0 spiro atoms. The summed E-state index contributed by atoms with van der Waals surface area (Å²) in [5.74, 6) is -0.894. The summed E-state index contributed by atoms with van der Waals surface area (Å²) < 4.78 is 4.93. The SMILES string of the molecule is CCOC(=O)c1ccc(Nc2cc(NC(=O)CCCC(=O)O)ncn2)cc1. The average Bonchev–Trinajstić information content (AvgIpc) is 2.62. The zero-order valence-corrected chi connectivity index (χ0v) is 14.8. The van der Waals surface area contributed by atoms with Crippen molar-refractivity contribution in [1.82, 2.24) is 9.97 Å². The summed E-state index contributed by atoms with van der Waals surface area (Å²) in [5, 5.41) is 14.2. The first-order valence-electron chi connectivity index (χ1n) is 8.36. The standard InChI is InChI=1S/C18H20N4O5/c1-2-27-18(26)12-6-8-13(9-7-12)21-14-10-15(20-11-19-14)22-16(23)4-3-5-17(24)25/h6-11H,2-5H2,1H3,(H,24,25)(H2,19,20,21,22,23). The topological polar surface area (TPSA) is 131 Å². The maximum atomic E-state index is 11.8. The van der Waals surface area contributed by atoms with Crippen LogP contribution in [0.5, 0.6) is 0 Å². The number of esters is 1. The highest BCUT2D eigenvalue weighted by Gasteiger charge is 2.08. The number of anilines is 3. The van der Waals surface area contributed by atoms with Gasteiger partial charge in [-0.05, 0) is 37.6 Å². The van der Waals surface area contributed by atoms with Crippen molar-refractivity contribution >= 4 is 35.2 Å². The van der Waals surface area contributed by atoms with E-state index < -0.39 is 5.97 Å². The molecule has 9 nitrogen and oxygen atoms in total. The van der Waals surface area contributed by atoms with Crippen LogP contribution < -0.4 is 10.6 Å². The molecule has 0 aliphatic heterocycles. The van der Waals surface area contributed by atoms with Crippen LogP contribution in [0.2, 0.25) is 0 Å². The van der Waals surface area contributed by atoms with Gasteiger partial charge in [-0.25, -0.2) is 14.8 Å². The smallest absolute Gasteiger partial charge is 0.338 e. The third kappa shape index (κ3) is 6.73. The van der Waals surface area contributed by atoms with Crippen LogP contribution in [0.1, 0.15) is 36.5 Å². The van der Waals surface area contributed by atoms with Gasteiger partial charge in [0.05, 0.1) is 12.2 Å². The molecule has 0 bridgehead atoms. The van der Waals surface area contributed by atoms with Crippen molar-refractivity contribution < 1.29 is 24.2 Å². The number of carbonyl (C=O) groups is 3. The van der Waals surface area contributed by atoms with Crippen LogP contribution in [-0.2, 0) is 14.3 Å². The highest BCUT2D eigenvalue weighted by atomic mass is 16.5. The van der Waals surface area contributed by atoms with E-state index in [4.69, 9.17) is 9.84 Å². The Balaban J connectivity index is 1.94. The van der Waals surface area contributed by atoms with Crippen molar-refractivity contribution in [2.24, 2.45) is 0 Å². The second-order valence-electron chi connectivity index (χ2n) is 5.51. The Morgan fingerprint density at radius 1 is 1.07 bits per heavy atom. The van der Waals surface area contributed by atoms with E-state index in [1.165, 1.54) is 6.33 Å². The predicted octanol–water partition coefficient (Wildman–Crippen LogP) is 2.59. The summed E-state index contributed by atoms with van der Waals surface area (Å²) in [5.41, 5.74) is 1.14. The van der Waals surface area contributed by atoms with Crippen LogP contribution in [0.4, 0.5) is 17.3 Å². The quantitative estimate of drug-likeness (QED) is 0.573. The molecule has 1 aromatic carbocycles. The summed E-state index contributed by atoms with van der Waals surface area (Å²) in [4.78, 5) is 41.9. The molecule has 0 aliphatic rings. The molecule has 0 aliphatic carbocycles. The number of rotatable bonds is 9. The zero-order chi connectivity index (χ0) is 19.6. The number of carboxylic acids is 1. The van der Waals surface area contributed by atoms with Crippen molar-refractivity contribution in [2.45, 2.75) is 26.2 Å². The number of aromatic nitrogens is 2. The number of carbonyl (C=O) groups excluding carboxylic acids is 2. The Bertz CT molecular complexity index is 808. The first-order valence-corrected chi connectivity index (χ1v) is 8.36. The van der Waals surface area contributed by atoms with Gasteiger partial charge in [-0.2, -0.15) is 0 Å². The van der Waals surface area contributed by atoms with E-state index in [0.717, 1.165) is 0 Å². The van der Waals surface area contributed by atoms with Gasteiger partial charge in [-0.1, -0.05) is 0 Å². The minimum absolute atomic E-state index is 0.0637. The number of nitrogens with one attached hydrogen (secondary N) is 2. The van der Waals surface area contributed by atoms with E-state index in [0.29, 0.717) is 29.5 Å². The Morgan fingerprint density at radius 3 is 2.44 bits per heavy atom. The fourth-order valence-corrected chi connectivity index (χ4v) is 2.15. The fraction of sp³-hybridized carbons (Fsp3) is 0.278. The Morgan fingerprint density at radius 2 is 1.78 bits per heavy atom. The van der Waals surface area contributed by atoms with Crippen molar-refractivity contribution in [1.29, 1.82) is 0 Å². The van der Waals surface area contributed by atoms with E-state index >= 15 is 0 Å². The maximum absolute atomic E-state index is 11.8. The van der Waals surface area contributed by atoms with Crippen LogP contribution in [0.25, 0.3) is 0 Å². The van der Waals surface area contributed by atoms with Crippen molar-refractivity contribution in [2.75, 3.05) is 17.2 Å². The van der Waals surface area contributed by atoms with E-state index in [2.05, 4.69) is 20.6 Å². The van der Waals surface area contributed by atoms with E-state index in [1.54, 1.807) is 37.3 Å². The predicted molar refractivity (Wildman–Crippen MR) is 97.8 cm³/mol. The lowest BCUT2D eigenvalue weighted by atomic mass is 10.2. The molecule has 2 rings (SSSR count). The second-order valence-corrected chi connectivity index (χ2v) is 5.51. The lowest BCUT2D eigenvalue weighted by Crippen LogP contribution is -2.13. The van der Waals surface area contributed by atoms with Crippen molar-refractivity contribution in [3.63, 3.8) is 0 Å². The highest BCUT2D eigenvalue weighted by Crippen LogP contribution is 2.17. The molecule has 142 valence electrons. The fourth-order valence-electron chi connectivity index (χ4n) is 2.15.